The van der Waals surface area contributed by atoms with Crippen molar-refractivity contribution in [3.63, 3.8) is 0 Å². The Hall–Kier alpha value is -0.280. The minimum Gasteiger partial charge on any atom is -0.271 e. The molecule has 4 heteroatoms. The molecule has 2 nitrogen and oxygen atoms in total. The number of fused-ring (bicyclic) bond motifs is 1. The van der Waals surface area contributed by atoms with Crippen molar-refractivity contribution < 1.29 is 0 Å². The predicted octanol–water partition coefficient (Wildman–Crippen LogP) is 5.10. The van der Waals surface area contributed by atoms with Crippen molar-refractivity contribution in [2.24, 2.45) is 23.6 Å². The molecule has 3 rings (SSSR count). The van der Waals surface area contributed by atoms with E-state index in [2.05, 4.69) is 5.43 Å². The van der Waals surface area contributed by atoms with Crippen LogP contribution in [0.5, 0.6) is 0 Å². The van der Waals surface area contributed by atoms with E-state index in [-0.39, 0.29) is 6.04 Å². The summed E-state index contributed by atoms with van der Waals surface area (Å²) in [5.41, 5.74) is 4.06. The minimum atomic E-state index is 0.110. The van der Waals surface area contributed by atoms with Gasteiger partial charge in [0.25, 0.3) is 0 Å². The Morgan fingerprint density at radius 3 is 2.57 bits per heavy atom. The molecular formula is C17H24Cl2N2. The maximum atomic E-state index is 6.37. The molecule has 1 aromatic carbocycles. The molecule has 21 heavy (non-hydrogen) atoms. The first-order chi connectivity index (χ1) is 10.2. The molecule has 2 saturated carbocycles. The minimum absolute atomic E-state index is 0.110. The van der Waals surface area contributed by atoms with Gasteiger partial charge in [0, 0.05) is 10.0 Å². The molecule has 0 radical (unpaired) electrons. The lowest BCUT2D eigenvalue weighted by molar-refractivity contribution is 0.109. The molecule has 0 heterocycles. The Kier molecular flexibility index (Phi) is 5.11. The summed E-state index contributed by atoms with van der Waals surface area (Å²) in [4.78, 5) is 0. The van der Waals surface area contributed by atoms with Crippen LogP contribution in [0.3, 0.4) is 0 Å². The number of rotatable bonds is 3. The van der Waals surface area contributed by atoms with E-state index in [1.54, 1.807) is 0 Å². The zero-order chi connectivity index (χ0) is 14.8. The Bertz CT molecular complexity index is 492. The molecule has 0 bridgehead atoms. The summed E-state index contributed by atoms with van der Waals surface area (Å²) < 4.78 is 0. The summed E-state index contributed by atoms with van der Waals surface area (Å²) in [5.74, 6) is 8.26. The molecule has 4 unspecified atom stereocenters. The molecule has 0 saturated heterocycles. The third kappa shape index (κ3) is 3.39. The zero-order valence-electron chi connectivity index (χ0n) is 12.3. The fourth-order valence-corrected chi connectivity index (χ4v) is 4.86. The van der Waals surface area contributed by atoms with Gasteiger partial charge in [-0.05, 0) is 60.8 Å². The molecule has 116 valence electrons. The highest BCUT2D eigenvalue weighted by molar-refractivity contribution is 6.33. The lowest BCUT2D eigenvalue weighted by Crippen LogP contribution is -2.38. The number of benzene rings is 1. The van der Waals surface area contributed by atoms with Gasteiger partial charge < -0.3 is 0 Å². The number of hydrazine groups is 1. The standard InChI is InChI=1S/C17H24Cl2N2/c18-14-7-8-16(19)15(10-14)17(21-20)13-6-5-11-3-1-2-4-12(11)9-13/h7-8,10-13,17,21H,1-6,9,20H2. The zero-order valence-corrected chi connectivity index (χ0v) is 13.8. The van der Waals surface area contributed by atoms with Crippen molar-refractivity contribution >= 4 is 23.2 Å². The highest BCUT2D eigenvalue weighted by Crippen LogP contribution is 2.46. The van der Waals surface area contributed by atoms with Crippen LogP contribution in [-0.2, 0) is 0 Å². The third-order valence-corrected chi connectivity index (χ3v) is 6.10. The van der Waals surface area contributed by atoms with Crippen molar-refractivity contribution in [3.8, 4) is 0 Å². The maximum Gasteiger partial charge on any atom is 0.0503 e. The maximum absolute atomic E-state index is 6.37. The van der Waals surface area contributed by atoms with Crippen LogP contribution >= 0.6 is 23.2 Å². The Labute approximate surface area is 137 Å². The van der Waals surface area contributed by atoms with Crippen LogP contribution < -0.4 is 11.3 Å². The largest absolute Gasteiger partial charge is 0.271 e. The quantitative estimate of drug-likeness (QED) is 0.598. The van der Waals surface area contributed by atoms with E-state index in [0.717, 1.165) is 27.4 Å². The van der Waals surface area contributed by atoms with Gasteiger partial charge in [0.05, 0.1) is 6.04 Å². The summed E-state index contributed by atoms with van der Waals surface area (Å²) in [6, 6.07) is 5.77. The van der Waals surface area contributed by atoms with Crippen molar-refractivity contribution in [1.29, 1.82) is 0 Å². The lowest BCUT2D eigenvalue weighted by Gasteiger charge is -2.42. The van der Waals surface area contributed by atoms with E-state index < -0.39 is 0 Å². The van der Waals surface area contributed by atoms with Crippen molar-refractivity contribution in [1.82, 2.24) is 5.43 Å². The van der Waals surface area contributed by atoms with Gasteiger partial charge in [-0.2, -0.15) is 0 Å². The van der Waals surface area contributed by atoms with E-state index in [1.807, 2.05) is 18.2 Å². The number of halogens is 2. The molecule has 2 aliphatic rings. The monoisotopic (exact) mass is 326 g/mol. The van der Waals surface area contributed by atoms with Crippen molar-refractivity contribution in [2.45, 2.75) is 51.0 Å². The van der Waals surface area contributed by atoms with Gasteiger partial charge in [-0.1, -0.05) is 48.9 Å². The molecule has 2 aliphatic carbocycles. The molecule has 0 spiro atoms. The van der Waals surface area contributed by atoms with Crippen LogP contribution in [0.15, 0.2) is 18.2 Å². The Morgan fingerprint density at radius 2 is 1.81 bits per heavy atom. The fraction of sp³-hybridized carbons (Fsp3) is 0.647. The van der Waals surface area contributed by atoms with Crippen LogP contribution in [0.1, 0.15) is 56.6 Å². The second-order valence-corrected chi connectivity index (χ2v) is 7.53. The molecule has 3 N–H and O–H groups in total. The second kappa shape index (κ2) is 6.87. The van der Waals surface area contributed by atoms with Gasteiger partial charge in [-0.25, -0.2) is 0 Å². The molecule has 0 aromatic heterocycles. The van der Waals surface area contributed by atoms with Gasteiger partial charge in [0.2, 0.25) is 0 Å². The predicted molar refractivity (Wildman–Crippen MR) is 89.3 cm³/mol. The van der Waals surface area contributed by atoms with Gasteiger partial charge in [0.15, 0.2) is 0 Å². The molecule has 1 aromatic rings. The van der Waals surface area contributed by atoms with E-state index in [1.165, 1.54) is 44.9 Å². The van der Waals surface area contributed by atoms with Crippen molar-refractivity contribution in [2.75, 3.05) is 0 Å². The molecule has 0 aliphatic heterocycles. The average molecular weight is 327 g/mol. The van der Waals surface area contributed by atoms with Crippen LogP contribution in [0.25, 0.3) is 0 Å². The average Bonchev–Trinajstić information content (AvgIpc) is 2.51. The van der Waals surface area contributed by atoms with Gasteiger partial charge in [-0.15, -0.1) is 0 Å². The van der Waals surface area contributed by atoms with Gasteiger partial charge in [0.1, 0.15) is 0 Å². The van der Waals surface area contributed by atoms with E-state index in [0.29, 0.717) is 5.92 Å². The summed E-state index contributed by atoms with van der Waals surface area (Å²) in [7, 11) is 0. The van der Waals surface area contributed by atoms with Gasteiger partial charge in [-0.3, -0.25) is 11.3 Å². The summed E-state index contributed by atoms with van der Waals surface area (Å²) in [5, 5.41) is 1.48. The summed E-state index contributed by atoms with van der Waals surface area (Å²) >= 11 is 12.5. The first kappa shape index (κ1) is 15.6. The fourth-order valence-electron chi connectivity index (χ4n) is 4.45. The van der Waals surface area contributed by atoms with Crippen LogP contribution in [0.4, 0.5) is 0 Å². The van der Waals surface area contributed by atoms with E-state index in [9.17, 15) is 0 Å². The number of hydrogen-bond donors (Lipinski definition) is 2. The van der Waals surface area contributed by atoms with E-state index >= 15 is 0 Å². The van der Waals surface area contributed by atoms with Crippen LogP contribution in [0.2, 0.25) is 10.0 Å². The third-order valence-electron chi connectivity index (χ3n) is 5.52. The summed E-state index contributed by atoms with van der Waals surface area (Å²) in [6.07, 6.45) is 9.47. The Morgan fingerprint density at radius 1 is 1.05 bits per heavy atom. The highest BCUT2D eigenvalue weighted by Gasteiger charge is 2.36. The topological polar surface area (TPSA) is 38.0 Å². The van der Waals surface area contributed by atoms with Gasteiger partial charge >= 0.3 is 0 Å². The first-order valence-corrected chi connectivity index (χ1v) is 8.85. The lowest BCUT2D eigenvalue weighted by atomic mass is 9.65. The molecule has 0 amide bonds. The highest BCUT2D eigenvalue weighted by atomic mass is 35.5. The number of nitrogens with one attached hydrogen (secondary N) is 1. The normalized spacial score (nSPS) is 30.7. The first-order valence-electron chi connectivity index (χ1n) is 8.10. The number of hydrogen-bond acceptors (Lipinski definition) is 2. The van der Waals surface area contributed by atoms with Crippen LogP contribution in [0, 0.1) is 17.8 Å². The SMILES string of the molecule is NNC(c1cc(Cl)ccc1Cl)C1CCC2CCCCC2C1. The Balaban J connectivity index is 1.78. The van der Waals surface area contributed by atoms with Crippen LogP contribution in [-0.4, -0.2) is 0 Å². The smallest absolute Gasteiger partial charge is 0.0503 e. The molecule has 4 atom stereocenters. The van der Waals surface area contributed by atoms with Crippen molar-refractivity contribution in [3.05, 3.63) is 33.8 Å². The molecular weight excluding hydrogens is 303 g/mol. The second-order valence-electron chi connectivity index (χ2n) is 6.69. The number of nitrogens with two attached hydrogens (primary N) is 1. The molecule has 2 fully saturated rings. The summed E-state index contributed by atoms with van der Waals surface area (Å²) in [6.45, 7) is 0. The van der Waals surface area contributed by atoms with E-state index in [4.69, 9.17) is 29.0 Å².